The number of carbonyl (C=O) groups is 1. The minimum absolute atomic E-state index is 0.0894. The van der Waals surface area contributed by atoms with Crippen molar-refractivity contribution in [2.75, 3.05) is 7.05 Å². The zero-order chi connectivity index (χ0) is 13.0. The average molecular weight is 239 g/mol. The van der Waals surface area contributed by atoms with Crippen molar-refractivity contribution in [1.82, 2.24) is 4.90 Å². The molecule has 1 N–H and O–H groups in total. The SMILES string of the molecule is CC(Cc1ccc(F)cc1)N(C)C(C)C(=O)O. The molecule has 0 saturated carbocycles. The summed E-state index contributed by atoms with van der Waals surface area (Å²) in [4.78, 5) is 12.6. The van der Waals surface area contributed by atoms with Crippen molar-refractivity contribution < 1.29 is 14.3 Å². The van der Waals surface area contributed by atoms with Crippen molar-refractivity contribution in [3.63, 3.8) is 0 Å². The first-order valence-electron chi connectivity index (χ1n) is 5.61. The lowest BCUT2D eigenvalue weighted by atomic mass is 10.1. The van der Waals surface area contributed by atoms with Crippen LogP contribution in [0.2, 0.25) is 0 Å². The van der Waals surface area contributed by atoms with Crippen LogP contribution in [0, 0.1) is 5.82 Å². The highest BCUT2D eigenvalue weighted by Gasteiger charge is 2.21. The monoisotopic (exact) mass is 239 g/mol. The van der Waals surface area contributed by atoms with E-state index in [0.717, 1.165) is 5.56 Å². The number of likely N-dealkylation sites (N-methyl/N-ethyl adjacent to an activating group) is 1. The Bertz CT molecular complexity index is 378. The maximum absolute atomic E-state index is 12.7. The van der Waals surface area contributed by atoms with Crippen molar-refractivity contribution in [2.45, 2.75) is 32.4 Å². The molecule has 2 unspecified atom stereocenters. The molecule has 2 atom stereocenters. The Morgan fingerprint density at radius 3 is 2.35 bits per heavy atom. The Morgan fingerprint density at radius 2 is 1.88 bits per heavy atom. The van der Waals surface area contributed by atoms with Gasteiger partial charge in [-0.2, -0.15) is 0 Å². The van der Waals surface area contributed by atoms with Gasteiger partial charge in [0.1, 0.15) is 11.9 Å². The van der Waals surface area contributed by atoms with E-state index in [2.05, 4.69) is 0 Å². The van der Waals surface area contributed by atoms with E-state index in [1.165, 1.54) is 12.1 Å². The molecular formula is C13H18FNO2. The Kier molecular flexibility index (Phi) is 4.63. The molecule has 1 aromatic carbocycles. The third kappa shape index (κ3) is 3.82. The summed E-state index contributed by atoms with van der Waals surface area (Å²) in [5.41, 5.74) is 1.00. The largest absolute Gasteiger partial charge is 0.480 e. The van der Waals surface area contributed by atoms with E-state index < -0.39 is 12.0 Å². The van der Waals surface area contributed by atoms with E-state index in [9.17, 15) is 9.18 Å². The van der Waals surface area contributed by atoms with E-state index in [-0.39, 0.29) is 11.9 Å². The Balaban J connectivity index is 2.62. The maximum atomic E-state index is 12.7. The van der Waals surface area contributed by atoms with Crippen LogP contribution in [-0.4, -0.2) is 35.1 Å². The molecule has 94 valence electrons. The minimum atomic E-state index is -0.835. The van der Waals surface area contributed by atoms with E-state index >= 15 is 0 Å². The third-order valence-electron chi connectivity index (χ3n) is 3.11. The molecule has 0 radical (unpaired) electrons. The Labute approximate surface area is 101 Å². The number of halogens is 1. The number of benzene rings is 1. The highest BCUT2D eigenvalue weighted by Crippen LogP contribution is 2.11. The second-order valence-corrected chi connectivity index (χ2v) is 4.36. The van der Waals surface area contributed by atoms with E-state index in [4.69, 9.17) is 5.11 Å². The van der Waals surface area contributed by atoms with Crippen LogP contribution in [0.15, 0.2) is 24.3 Å². The van der Waals surface area contributed by atoms with Crippen LogP contribution in [0.1, 0.15) is 19.4 Å². The first-order chi connectivity index (χ1) is 7.91. The summed E-state index contributed by atoms with van der Waals surface area (Å²) >= 11 is 0. The molecule has 0 aliphatic carbocycles. The molecular weight excluding hydrogens is 221 g/mol. The molecule has 0 heterocycles. The molecule has 0 spiro atoms. The van der Waals surface area contributed by atoms with Gasteiger partial charge in [0, 0.05) is 6.04 Å². The molecule has 0 amide bonds. The van der Waals surface area contributed by atoms with Crippen LogP contribution < -0.4 is 0 Å². The van der Waals surface area contributed by atoms with Gasteiger partial charge in [0.25, 0.3) is 0 Å². The van der Waals surface area contributed by atoms with E-state index in [0.29, 0.717) is 6.42 Å². The van der Waals surface area contributed by atoms with Gasteiger partial charge >= 0.3 is 5.97 Å². The summed E-state index contributed by atoms with van der Waals surface area (Å²) in [7, 11) is 1.78. The molecule has 0 aromatic heterocycles. The number of carboxylic acids is 1. The second kappa shape index (κ2) is 5.77. The number of rotatable bonds is 5. The quantitative estimate of drug-likeness (QED) is 0.856. The van der Waals surface area contributed by atoms with Crippen molar-refractivity contribution >= 4 is 5.97 Å². The number of nitrogens with zero attached hydrogens (tertiary/aromatic N) is 1. The van der Waals surface area contributed by atoms with Crippen LogP contribution in [0.4, 0.5) is 4.39 Å². The van der Waals surface area contributed by atoms with Crippen molar-refractivity contribution in [3.05, 3.63) is 35.6 Å². The predicted octanol–water partition coefficient (Wildman–Crippen LogP) is 2.16. The molecule has 0 bridgehead atoms. The van der Waals surface area contributed by atoms with Crippen LogP contribution in [0.25, 0.3) is 0 Å². The molecule has 1 aromatic rings. The first-order valence-corrected chi connectivity index (χ1v) is 5.61. The Hall–Kier alpha value is -1.42. The van der Waals surface area contributed by atoms with E-state index in [1.54, 1.807) is 31.0 Å². The van der Waals surface area contributed by atoms with E-state index in [1.807, 2.05) is 6.92 Å². The van der Waals surface area contributed by atoms with Gasteiger partial charge in [-0.1, -0.05) is 12.1 Å². The number of hydrogen-bond donors (Lipinski definition) is 1. The molecule has 3 nitrogen and oxygen atoms in total. The molecule has 0 fully saturated rings. The fourth-order valence-corrected chi connectivity index (χ4v) is 1.66. The highest BCUT2D eigenvalue weighted by atomic mass is 19.1. The van der Waals surface area contributed by atoms with Gasteiger partial charge in [-0.05, 0) is 45.0 Å². The van der Waals surface area contributed by atoms with Gasteiger partial charge in [0.2, 0.25) is 0 Å². The normalized spacial score (nSPS) is 14.6. The zero-order valence-corrected chi connectivity index (χ0v) is 10.4. The van der Waals surface area contributed by atoms with Crippen LogP contribution in [0.5, 0.6) is 0 Å². The fourth-order valence-electron chi connectivity index (χ4n) is 1.66. The number of hydrogen-bond acceptors (Lipinski definition) is 2. The molecule has 0 saturated heterocycles. The summed E-state index contributed by atoms with van der Waals surface area (Å²) in [5, 5.41) is 8.91. The molecule has 0 aliphatic rings. The minimum Gasteiger partial charge on any atom is -0.480 e. The lowest BCUT2D eigenvalue weighted by molar-refractivity contribution is -0.142. The Morgan fingerprint density at radius 1 is 1.35 bits per heavy atom. The summed E-state index contributed by atoms with van der Waals surface area (Å²) in [5.74, 6) is -1.09. The maximum Gasteiger partial charge on any atom is 0.320 e. The van der Waals surface area contributed by atoms with Crippen LogP contribution in [0.3, 0.4) is 0 Å². The second-order valence-electron chi connectivity index (χ2n) is 4.36. The summed E-state index contributed by atoms with van der Waals surface area (Å²) in [6, 6.07) is 5.86. The third-order valence-corrected chi connectivity index (χ3v) is 3.11. The van der Waals surface area contributed by atoms with Gasteiger partial charge in [0.15, 0.2) is 0 Å². The van der Waals surface area contributed by atoms with Crippen LogP contribution >= 0.6 is 0 Å². The molecule has 17 heavy (non-hydrogen) atoms. The van der Waals surface area contributed by atoms with Gasteiger partial charge < -0.3 is 5.11 Å². The van der Waals surface area contributed by atoms with Gasteiger partial charge in [0.05, 0.1) is 0 Å². The highest BCUT2D eigenvalue weighted by molar-refractivity contribution is 5.72. The van der Waals surface area contributed by atoms with Crippen molar-refractivity contribution in [1.29, 1.82) is 0 Å². The van der Waals surface area contributed by atoms with Gasteiger partial charge in [-0.3, -0.25) is 9.69 Å². The smallest absolute Gasteiger partial charge is 0.320 e. The predicted molar refractivity (Wildman–Crippen MR) is 64.4 cm³/mol. The average Bonchev–Trinajstić information content (AvgIpc) is 2.30. The van der Waals surface area contributed by atoms with Gasteiger partial charge in [-0.15, -0.1) is 0 Å². The molecule has 1 rings (SSSR count). The zero-order valence-electron chi connectivity index (χ0n) is 10.4. The van der Waals surface area contributed by atoms with Gasteiger partial charge in [-0.25, -0.2) is 4.39 Å². The molecule has 0 aliphatic heterocycles. The van der Waals surface area contributed by atoms with Crippen molar-refractivity contribution in [2.24, 2.45) is 0 Å². The summed E-state index contributed by atoms with van der Waals surface area (Å²) < 4.78 is 12.7. The summed E-state index contributed by atoms with van der Waals surface area (Å²) in [6.45, 7) is 3.62. The van der Waals surface area contributed by atoms with Crippen molar-refractivity contribution in [3.8, 4) is 0 Å². The number of aliphatic carboxylic acids is 1. The molecule has 4 heteroatoms. The number of carboxylic acid groups (broad SMARTS) is 1. The fraction of sp³-hybridized carbons (Fsp3) is 0.462. The van der Waals surface area contributed by atoms with Crippen LogP contribution in [-0.2, 0) is 11.2 Å². The first kappa shape index (κ1) is 13.6. The summed E-state index contributed by atoms with van der Waals surface area (Å²) in [6.07, 6.45) is 0.703. The standard InChI is InChI=1S/C13H18FNO2/c1-9(15(3)10(2)13(16)17)8-11-4-6-12(14)7-5-11/h4-7,9-10H,8H2,1-3H3,(H,16,17). The topological polar surface area (TPSA) is 40.5 Å². The lowest BCUT2D eigenvalue weighted by Crippen LogP contribution is -2.42. The lowest BCUT2D eigenvalue weighted by Gasteiger charge is -2.28.